The van der Waals surface area contributed by atoms with Crippen molar-refractivity contribution >= 4 is 34.6 Å². The molecule has 2 aliphatic heterocycles. The Morgan fingerprint density at radius 1 is 1.26 bits per heavy atom. The van der Waals surface area contributed by atoms with Crippen molar-refractivity contribution in [3.8, 4) is 5.75 Å². The largest absolute Gasteiger partial charge is 0.493 e. The van der Waals surface area contributed by atoms with E-state index in [9.17, 15) is 14.0 Å². The third-order valence-corrected chi connectivity index (χ3v) is 6.21. The van der Waals surface area contributed by atoms with E-state index in [1.807, 2.05) is 0 Å². The summed E-state index contributed by atoms with van der Waals surface area (Å²) in [5.74, 6) is -0.321. The highest BCUT2D eigenvalue weighted by atomic mass is 35.5. The number of H-pyrrole nitrogens is 1. The lowest BCUT2D eigenvalue weighted by atomic mass is 10.1. The average Bonchev–Trinajstić information content (AvgIpc) is 3.54. The zero-order chi connectivity index (χ0) is 23.8. The number of hydrogen-bond donors (Lipinski definition) is 1. The van der Waals surface area contributed by atoms with E-state index in [2.05, 4.69) is 15.4 Å². The molecule has 1 aromatic heterocycles. The SMILES string of the molecule is CCOc1cc(Cl)c(F)cc1COC(=O)N1CC2=CN(C(=O)c3ccc4[nH]nnc4c3)C[C@H]2C1. The lowest BCUT2D eigenvalue weighted by Gasteiger charge is -2.20. The van der Waals surface area contributed by atoms with Gasteiger partial charge < -0.3 is 19.3 Å². The Labute approximate surface area is 199 Å². The van der Waals surface area contributed by atoms with Gasteiger partial charge in [0.2, 0.25) is 0 Å². The molecule has 3 aromatic rings. The smallest absolute Gasteiger partial charge is 0.410 e. The summed E-state index contributed by atoms with van der Waals surface area (Å²) in [7, 11) is 0. The first kappa shape index (κ1) is 22.1. The van der Waals surface area contributed by atoms with E-state index in [4.69, 9.17) is 21.1 Å². The van der Waals surface area contributed by atoms with Gasteiger partial charge in [0.25, 0.3) is 5.91 Å². The van der Waals surface area contributed by atoms with Gasteiger partial charge in [0.15, 0.2) is 0 Å². The highest BCUT2D eigenvalue weighted by Gasteiger charge is 2.38. The van der Waals surface area contributed by atoms with Crippen molar-refractivity contribution in [2.45, 2.75) is 13.5 Å². The van der Waals surface area contributed by atoms with Crippen LogP contribution in [0.5, 0.6) is 5.75 Å². The maximum atomic E-state index is 13.9. The van der Waals surface area contributed by atoms with Gasteiger partial charge in [-0.3, -0.25) is 9.89 Å². The molecule has 5 rings (SSSR count). The van der Waals surface area contributed by atoms with Crippen molar-refractivity contribution in [1.29, 1.82) is 0 Å². The molecule has 3 heterocycles. The third kappa shape index (κ3) is 4.16. The summed E-state index contributed by atoms with van der Waals surface area (Å²) in [6.07, 6.45) is 1.29. The standard InChI is InChI=1S/C23H21ClFN5O4/c1-2-33-21-7-17(24)18(25)5-14(21)12-34-23(32)30-10-15-8-29(9-16(15)11-30)22(31)13-3-4-19-20(6-13)27-28-26-19/h3-8,16H,2,9-12H2,1H3,(H,26,27,28)/t16-/m0/s1. The first-order chi connectivity index (χ1) is 16.4. The summed E-state index contributed by atoms with van der Waals surface area (Å²) >= 11 is 5.82. The maximum Gasteiger partial charge on any atom is 0.410 e. The molecule has 0 saturated carbocycles. The van der Waals surface area contributed by atoms with Crippen LogP contribution in [0.1, 0.15) is 22.8 Å². The number of nitrogens with zero attached hydrogens (tertiary/aromatic N) is 4. The van der Waals surface area contributed by atoms with Gasteiger partial charge in [-0.1, -0.05) is 16.8 Å². The van der Waals surface area contributed by atoms with Gasteiger partial charge in [-0.15, -0.1) is 5.10 Å². The Bertz CT molecular complexity index is 1310. The Hall–Kier alpha value is -3.66. The normalized spacial score (nSPS) is 17.1. The van der Waals surface area contributed by atoms with E-state index in [-0.39, 0.29) is 23.5 Å². The highest BCUT2D eigenvalue weighted by molar-refractivity contribution is 6.30. The fourth-order valence-corrected chi connectivity index (χ4v) is 4.39. The van der Waals surface area contributed by atoms with Gasteiger partial charge in [-0.25, -0.2) is 9.18 Å². The molecule has 11 heteroatoms. The van der Waals surface area contributed by atoms with Crippen LogP contribution in [0.3, 0.4) is 0 Å². The molecular formula is C23H21ClFN5O4. The number of benzene rings is 2. The highest BCUT2D eigenvalue weighted by Crippen LogP contribution is 2.32. The summed E-state index contributed by atoms with van der Waals surface area (Å²) in [4.78, 5) is 28.8. The van der Waals surface area contributed by atoms with Gasteiger partial charge in [-0.2, -0.15) is 0 Å². The number of halogens is 2. The quantitative estimate of drug-likeness (QED) is 0.590. The lowest BCUT2D eigenvalue weighted by molar-refractivity contribution is 0.0815. The number of likely N-dealkylation sites (tertiary alicyclic amines) is 1. The molecule has 9 nitrogen and oxygen atoms in total. The molecule has 1 saturated heterocycles. The predicted octanol–water partition coefficient (Wildman–Crippen LogP) is 3.76. The minimum Gasteiger partial charge on any atom is -0.493 e. The zero-order valence-electron chi connectivity index (χ0n) is 18.3. The van der Waals surface area contributed by atoms with E-state index in [0.717, 1.165) is 11.1 Å². The van der Waals surface area contributed by atoms with Crippen molar-refractivity contribution in [2.75, 3.05) is 26.2 Å². The van der Waals surface area contributed by atoms with Crippen LogP contribution < -0.4 is 4.74 Å². The van der Waals surface area contributed by atoms with E-state index >= 15 is 0 Å². The van der Waals surface area contributed by atoms with Gasteiger partial charge in [-0.05, 0) is 36.8 Å². The van der Waals surface area contributed by atoms with Crippen LogP contribution in [0, 0.1) is 11.7 Å². The fourth-order valence-electron chi connectivity index (χ4n) is 4.23. The minimum absolute atomic E-state index is 0.0410. The molecule has 34 heavy (non-hydrogen) atoms. The second-order valence-corrected chi connectivity index (χ2v) is 8.55. The summed E-state index contributed by atoms with van der Waals surface area (Å²) in [5, 5.41) is 10.4. The molecule has 0 radical (unpaired) electrons. The number of amides is 2. The van der Waals surface area contributed by atoms with Crippen molar-refractivity contribution in [2.24, 2.45) is 5.92 Å². The zero-order valence-corrected chi connectivity index (χ0v) is 19.0. The van der Waals surface area contributed by atoms with Crippen molar-refractivity contribution in [3.63, 3.8) is 0 Å². The van der Waals surface area contributed by atoms with Crippen LogP contribution in [-0.4, -0.2) is 63.5 Å². The fraction of sp³-hybridized carbons (Fsp3) is 0.304. The van der Waals surface area contributed by atoms with E-state index < -0.39 is 11.9 Å². The van der Waals surface area contributed by atoms with E-state index in [0.29, 0.717) is 48.6 Å². The molecule has 0 spiro atoms. The Morgan fingerprint density at radius 3 is 2.91 bits per heavy atom. The summed E-state index contributed by atoms with van der Waals surface area (Å²) in [6, 6.07) is 7.79. The average molecular weight is 486 g/mol. The molecule has 1 atom stereocenters. The van der Waals surface area contributed by atoms with Gasteiger partial charge in [0, 0.05) is 48.9 Å². The molecule has 0 unspecified atom stereocenters. The van der Waals surface area contributed by atoms with Crippen LogP contribution >= 0.6 is 11.6 Å². The molecule has 176 valence electrons. The Balaban J connectivity index is 1.21. The maximum absolute atomic E-state index is 13.9. The van der Waals surface area contributed by atoms with E-state index in [1.165, 1.54) is 12.1 Å². The van der Waals surface area contributed by atoms with Gasteiger partial charge in [0.1, 0.15) is 23.7 Å². The number of hydrogen-bond acceptors (Lipinski definition) is 6. The monoisotopic (exact) mass is 485 g/mol. The number of nitrogens with one attached hydrogen (secondary N) is 1. The Morgan fingerprint density at radius 2 is 2.12 bits per heavy atom. The lowest BCUT2D eigenvalue weighted by Crippen LogP contribution is -2.33. The van der Waals surface area contributed by atoms with Crippen LogP contribution in [0.25, 0.3) is 11.0 Å². The number of aromatic nitrogens is 3. The van der Waals surface area contributed by atoms with Crippen molar-refractivity contribution in [3.05, 3.63) is 64.1 Å². The van der Waals surface area contributed by atoms with Crippen LogP contribution in [0.2, 0.25) is 5.02 Å². The molecule has 2 aromatic carbocycles. The molecule has 1 N–H and O–H groups in total. The van der Waals surface area contributed by atoms with Gasteiger partial charge in [0.05, 0.1) is 17.1 Å². The molecule has 0 bridgehead atoms. The summed E-state index contributed by atoms with van der Waals surface area (Å²) in [5.41, 5.74) is 3.30. The second-order valence-electron chi connectivity index (χ2n) is 8.14. The van der Waals surface area contributed by atoms with Crippen LogP contribution in [-0.2, 0) is 11.3 Å². The number of ether oxygens (including phenoxy) is 2. The molecule has 0 aliphatic carbocycles. The number of aromatic amines is 1. The predicted molar refractivity (Wildman–Crippen MR) is 121 cm³/mol. The molecule has 2 amide bonds. The summed E-state index contributed by atoms with van der Waals surface area (Å²) in [6.45, 7) is 3.30. The second kappa shape index (κ2) is 8.94. The third-order valence-electron chi connectivity index (χ3n) is 5.92. The topological polar surface area (TPSA) is 101 Å². The van der Waals surface area contributed by atoms with Crippen molar-refractivity contribution in [1.82, 2.24) is 25.2 Å². The first-order valence-corrected chi connectivity index (χ1v) is 11.2. The first-order valence-electron chi connectivity index (χ1n) is 10.8. The van der Waals surface area contributed by atoms with Gasteiger partial charge >= 0.3 is 6.09 Å². The minimum atomic E-state index is -0.607. The molecule has 1 fully saturated rings. The number of rotatable bonds is 5. The van der Waals surface area contributed by atoms with Crippen LogP contribution in [0.15, 0.2) is 42.1 Å². The summed E-state index contributed by atoms with van der Waals surface area (Å²) < 4.78 is 24.8. The number of carbonyl (C=O) groups excluding carboxylic acids is 2. The molecular weight excluding hydrogens is 465 g/mol. The van der Waals surface area contributed by atoms with Crippen molar-refractivity contribution < 1.29 is 23.5 Å². The van der Waals surface area contributed by atoms with Crippen LogP contribution in [0.4, 0.5) is 9.18 Å². The van der Waals surface area contributed by atoms with E-state index in [1.54, 1.807) is 41.1 Å². The number of carbonyl (C=O) groups is 2. The number of fused-ring (bicyclic) bond motifs is 2. The Kier molecular flexibility index (Phi) is 5.82. The molecule has 2 aliphatic rings.